The smallest absolute Gasteiger partial charge is 0.0723 e. The van der Waals surface area contributed by atoms with Gasteiger partial charge in [-0.2, -0.15) is 11.8 Å². The van der Waals surface area contributed by atoms with Gasteiger partial charge in [0, 0.05) is 13.0 Å². The third-order valence-electron chi connectivity index (χ3n) is 4.76. The second-order valence-electron chi connectivity index (χ2n) is 6.09. The van der Waals surface area contributed by atoms with Gasteiger partial charge in [-0.25, -0.2) is 0 Å². The molecule has 3 nitrogen and oxygen atoms in total. The summed E-state index contributed by atoms with van der Waals surface area (Å²) < 4.78 is 12.3. The van der Waals surface area contributed by atoms with Crippen LogP contribution in [0.25, 0.3) is 0 Å². The normalized spacial score (nSPS) is 39.5. The Kier molecular flexibility index (Phi) is 4.18. The monoisotopic (exact) mass is 271 g/mol. The molecule has 3 aliphatic rings. The summed E-state index contributed by atoms with van der Waals surface area (Å²) in [7, 11) is 0. The predicted molar refractivity (Wildman–Crippen MR) is 74.9 cm³/mol. The van der Waals surface area contributed by atoms with Crippen molar-refractivity contribution in [3.05, 3.63) is 0 Å². The minimum atomic E-state index is 0.158. The van der Waals surface area contributed by atoms with E-state index in [0.29, 0.717) is 12.2 Å². The van der Waals surface area contributed by atoms with Crippen LogP contribution in [-0.2, 0) is 9.47 Å². The highest BCUT2D eigenvalue weighted by molar-refractivity contribution is 7.99. The van der Waals surface area contributed by atoms with Crippen molar-refractivity contribution in [2.45, 2.75) is 56.3 Å². The van der Waals surface area contributed by atoms with Gasteiger partial charge < -0.3 is 15.2 Å². The zero-order valence-electron chi connectivity index (χ0n) is 11.1. The van der Waals surface area contributed by atoms with E-state index in [0.717, 1.165) is 31.9 Å². The summed E-state index contributed by atoms with van der Waals surface area (Å²) in [6.45, 7) is 1.72. The van der Waals surface area contributed by atoms with Crippen molar-refractivity contribution < 1.29 is 9.47 Å². The number of hydrogen-bond donors (Lipinski definition) is 1. The molecule has 2 heterocycles. The molecule has 0 radical (unpaired) electrons. The number of ether oxygens (including phenoxy) is 2. The molecule has 1 spiro atoms. The summed E-state index contributed by atoms with van der Waals surface area (Å²) in [5, 5.41) is 0. The third-order valence-corrected chi connectivity index (χ3v) is 5.75. The molecular formula is C14H25NO2S. The average molecular weight is 271 g/mol. The molecule has 4 heteroatoms. The molecule has 2 saturated heterocycles. The number of thioether (sulfide) groups is 1. The van der Waals surface area contributed by atoms with Gasteiger partial charge in [0.15, 0.2) is 0 Å². The van der Waals surface area contributed by atoms with Crippen molar-refractivity contribution >= 4 is 11.8 Å². The van der Waals surface area contributed by atoms with Gasteiger partial charge in [-0.1, -0.05) is 0 Å². The number of hydrogen-bond acceptors (Lipinski definition) is 4. The third kappa shape index (κ3) is 2.87. The average Bonchev–Trinajstić information content (AvgIpc) is 2.34. The fourth-order valence-corrected chi connectivity index (χ4v) is 4.68. The summed E-state index contributed by atoms with van der Waals surface area (Å²) in [5.74, 6) is 3.23. The Labute approximate surface area is 114 Å². The van der Waals surface area contributed by atoms with E-state index >= 15 is 0 Å². The fraction of sp³-hybridized carbons (Fsp3) is 1.00. The summed E-state index contributed by atoms with van der Waals surface area (Å²) in [6.07, 6.45) is 7.91. The Morgan fingerprint density at radius 3 is 2.72 bits per heavy atom. The highest BCUT2D eigenvalue weighted by Crippen LogP contribution is 2.40. The van der Waals surface area contributed by atoms with E-state index < -0.39 is 0 Å². The molecule has 2 N–H and O–H groups in total. The van der Waals surface area contributed by atoms with E-state index in [1.165, 1.54) is 37.2 Å². The molecular weight excluding hydrogens is 246 g/mol. The molecule has 3 fully saturated rings. The molecule has 0 aromatic rings. The highest BCUT2D eigenvalue weighted by Gasteiger charge is 2.41. The zero-order chi connectivity index (χ0) is 12.4. The van der Waals surface area contributed by atoms with E-state index in [4.69, 9.17) is 15.2 Å². The lowest BCUT2D eigenvalue weighted by molar-refractivity contribution is -0.166. The van der Waals surface area contributed by atoms with Crippen molar-refractivity contribution in [1.82, 2.24) is 0 Å². The molecule has 18 heavy (non-hydrogen) atoms. The van der Waals surface area contributed by atoms with Crippen molar-refractivity contribution in [2.24, 2.45) is 11.7 Å². The fourth-order valence-electron chi connectivity index (χ4n) is 3.44. The second kappa shape index (κ2) is 5.70. The van der Waals surface area contributed by atoms with Gasteiger partial charge in [0.05, 0.1) is 17.8 Å². The van der Waals surface area contributed by atoms with Gasteiger partial charge in [-0.3, -0.25) is 0 Å². The van der Waals surface area contributed by atoms with Gasteiger partial charge in [0.1, 0.15) is 0 Å². The van der Waals surface area contributed by atoms with E-state index in [1.54, 1.807) is 0 Å². The van der Waals surface area contributed by atoms with Gasteiger partial charge in [0.2, 0.25) is 0 Å². The summed E-state index contributed by atoms with van der Waals surface area (Å²) in [5.41, 5.74) is 5.82. The first-order chi connectivity index (χ1) is 8.80. The number of nitrogens with two attached hydrogens (primary N) is 1. The van der Waals surface area contributed by atoms with E-state index in [9.17, 15) is 0 Å². The van der Waals surface area contributed by atoms with Crippen LogP contribution in [0, 0.1) is 5.92 Å². The first-order valence-electron chi connectivity index (χ1n) is 7.37. The molecule has 0 aromatic heterocycles. The molecule has 3 rings (SSSR count). The molecule has 1 saturated carbocycles. The first kappa shape index (κ1) is 13.2. The molecule has 0 aromatic carbocycles. The maximum absolute atomic E-state index is 6.24. The maximum Gasteiger partial charge on any atom is 0.0723 e. The summed E-state index contributed by atoms with van der Waals surface area (Å²) in [4.78, 5) is 0. The quantitative estimate of drug-likeness (QED) is 0.854. The minimum absolute atomic E-state index is 0.158. The molecule has 2 aliphatic heterocycles. The van der Waals surface area contributed by atoms with Crippen LogP contribution in [0.4, 0.5) is 0 Å². The molecule has 104 valence electrons. The highest BCUT2D eigenvalue weighted by atomic mass is 32.2. The van der Waals surface area contributed by atoms with E-state index in [2.05, 4.69) is 11.8 Å². The van der Waals surface area contributed by atoms with Crippen molar-refractivity contribution in [3.8, 4) is 0 Å². The Morgan fingerprint density at radius 1 is 1.22 bits per heavy atom. The predicted octanol–water partition coefficient (Wildman–Crippen LogP) is 2.19. The van der Waals surface area contributed by atoms with Crippen molar-refractivity contribution in [2.75, 3.05) is 24.7 Å². The second-order valence-corrected chi connectivity index (χ2v) is 7.31. The Hall–Kier alpha value is 0.230. The molecule has 1 aliphatic carbocycles. The minimum Gasteiger partial charge on any atom is -0.375 e. The topological polar surface area (TPSA) is 44.5 Å². The molecule has 0 bridgehead atoms. The summed E-state index contributed by atoms with van der Waals surface area (Å²) >= 11 is 2.06. The van der Waals surface area contributed by atoms with Crippen LogP contribution in [0.1, 0.15) is 38.5 Å². The van der Waals surface area contributed by atoms with E-state index in [-0.39, 0.29) is 5.60 Å². The van der Waals surface area contributed by atoms with Crippen LogP contribution in [0.3, 0.4) is 0 Å². The Balaban J connectivity index is 1.48. The lowest BCUT2D eigenvalue weighted by Gasteiger charge is -2.45. The van der Waals surface area contributed by atoms with Crippen LogP contribution in [-0.4, -0.2) is 42.5 Å². The van der Waals surface area contributed by atoms with Crippen LogP contribution < -0.4 is 5.73 Å². The standard InChI is InChI=1S/C14H25NO2S/c15-10-11-7-13(8-11)17-12-1-4-16-14(9-12)2-5-18-6-3-14/h11-13H,1-10,15H2. The van der Waals surface area contributed by atoms with Gasteiger partial charge >= 0.3 is 0 Å². The zero-order valence-corrected chi connectivity index (χ0v) is 11.9. The van der Waals surface area contributed by atoms with E-state index in [1.807, 2.05) is 0 Å². The van der Waals surface area contributed by atoms with Crippen molar-refractivity contribution in [3.63, 3.8) is 0 Å². The van der Waals surface area contributed by atoms with Gasteiger partial charge in [0.25, 0.3) is 0 Å². The van der Waals surface area contributed by atoms with Crippen molar-refractivity contribution in [1.29, 1.82) is 0 Å². The summed E-state index contributed by atoms with van der Waals surface area (Å²) in [6, 6.07) is 0. The van der Waals surface area contributed by atoms with Crippen LogP contribution in [0.5, 0.6) is 0 Å². The van der Waals surface area contributed by atoms with Crippen LogP contribution in [0.15, 0.2) is 0 Å². The molecule has 1 unspecified atom stereocenters. The largest absolute Gasteiger partial charge is 0.375 e. The van der Waals surface area contributed by atoms with Crippen LogP contribution >= 0.6 is 11.8 Å². The first-order valence-corrected chi connectivity index (χ1v) is 8.52. The lowest BCUT2D eigenvalue weighted by atomic mass is 9.81. The molecule has 1 atom stereocenters. The Bertz CT molecular complexity index is 269. The SMILES string of the molecule is NCC1CC(OC2CCOC3(CCSCC3)C2)C1. The van der Waals surface area contributed by atoms with Gasteiger partial charge in [-0.05, 0) is 56.1 Å². The number of rotatable bonds is 3. The molecule has 0 amide bonds. The van der Waals surface area contributed by atoms with Gasteiger partial charge in [-0.15, -0.1) is 0 Å². The maximum atomic E-state index is 6.24. The Morgan fingerprint density at radius 2 is 2.00 bits per heavy atom. The van der Waals surface area contributed by atoms with Crippen LogP contribution in [0.2, 0.25) is 0 Å². The lowest BCUT2D eigenvalue weighted by Crippen LogP contribution is -2.47.